The number of rotatable bonds is 16. The Morgan fingerprint density at radius 3 is 1.15 bits per heavy atom. The van der Waals surface area contributed by atoms with E-state index in [9.17, 15) is 5.11 Å². The third-order valence-corrected chi connectivity index (χ3v) is 24.8. The molecule has 0 saturated carbocycles. The molecule has 0 radical (unpaired) electrons. The fourth-order valence-electron chi connectivity index (χ4n) is 16.1. The summed E-state index contributed by atoms with van der Waals surface area (Å²) in [5.41, 5.74) is 51.8. The van der Waals surface area contributed by atoms with E-state index in [4.69, 9.17) is 53.4 Å². The van der Waals surface area contributed by atoms with Crippen LogP contribution in [0, 0.1) is 106 Å². The second-order valence-electron chi connectivity index (χ2n) is 34.4. The molecule has 5 saturated heterocycles. The van der Waals surface area contributed by atoms with E-state index in [0.717, 1.165) is 186 Å². The maximum Gasteiger partial charge on any atom is 0.270 e. The number of nitrogens with two attached hydrogens (primary N) is 5. The highest BCUT2D eigenvalue weighted by Gasteiger charge is 2.39. The molecule has 3 atom stereocenters. The largest absolute Gasteiger partial charge is 0.474 e. The van der Waals surface area contributed by atoms with Crippen molar-refractivity contribution in [2.75, 3.05) is 214 Å². The molecule has 15 rings (SSSR count). The number of likely N-dealkylation sites (tertiary alicyclic amines) is 3. The van der Waals surface area contributed by atoms with Gasteiger partial charge < -0.3 is 108 Å². The normalized spacial score (nSPS) is 18.0. The predicted molar refractivity (Wildman–Crippen MR) is 471 cm³/mol. The van der Waals surface area contributed by atoms with Crippen molar-refractivity contribution in [3.63, 3.8) is 0 Å². The highest BCUT2D eigenvalue weighted by Crippen LogP contribution is 2.38. The van der Waals surface area contributed by atoms with Gasteiger partial charge in [-0.2, -0.15) is 0 Å². The zero-order valence-corrected chi connectivity index (χ0v) is 73.5. The second kappa shape index (κ2) is 36.7. The van der Waals surface area contributed by atoms with Crippen molar-refractivity contribution >= 4 is 73.5 Å². The Morgan fingerprint density at radius 2 is 0.759 bits per heavy atom. The number of nitrogen functional groups attached to an aromatic ring is 5. The van der Waals surface area contributed by atoms with Crippen molar-refractivity contribution in [2.24, 2.45) is 0 Å². The lowest BCUT2D eigenvalue weighted by atomic mass is 10.2. The minimum Gasteiger partial charge on any atom is -0.474 e. The van der Waals surface area contributed by atoms with Gasteiger partial charge in [-0.3, -0.25) is 9.38 Å². The van der Waals surface area contributed by atoms with E-state index in [0.29, 0.717) is 54.5 Å². The summed E-state index contributed by atoms with van der Waals surface area (Å²) in [7, 11) is 22.5. The summed E-state index contributed by atoms with van der Waals surface area (Å²) in [5, 5.41) is 32.7. The van der Waals surface area contributed by atoms with E-state index in [1.807, 2.05) is 47.7 Å². The highest BCUT2D eigenvalue weighted by atomic mass is 16.5. The summed E-state index contributed by atoms with van der Waals surface area (Å²) in [6.45, 7) is 36.1. The molecule has 622 valence electrons. The molecular weight excluding hydrogens is 1400 g/mol. The standard InChI is InChI=1S/C18H30N5O.C17H28N5O.C16H26N5.C16H25N4O.C14H21N4.5CH3/c1-13-6-7-16-17(19)18(20-22(16)14(13)2)24-11-10-21-9-8-15(12-21)23(3,4)5;1-12-5-6-15-16(18)17(19-21(15)13(12)2)20-8-7-14(11-20)22(3,4)9-10-23;1-11-6-7-14-15(17)16(18-20(14)12(11)2)19-9-8-13(10-19)21(3,4)5;1-12-6-7-14-15(17)16(18-19(14)13(12)2)21-11-10-20(3)8-4-5-9-20;1-10-6-7-12-13(15)14(16-17(12)11(10)2)18(3)8-4-5-9-18;;;;;/h6-7,15H,8-12,19H2,1-5H3;5-6,14,23H,7-11,18H2,1-4H3;6-7,13H,8-10,17H2,1-5H3;6-7H,4-5,8-11,17H2,1-3H3;6-7H,4-5,8-9,15H2,1-3H3;5*1H3/q5*+1;5*-1. The summed E-state index contributed by atoms with van der Waals surface area (Å²) in [5.74, 6) is 3.99. The van der Waals surface area contributed by atoms with Gasteiger partial charge in [-0.05, 0) is 127 Å². The first kappa shape index (κ1) is 92.2. The Morgan fingerprint density at radius 1 is 0.420 bits per heavy atom. The van der Waals surface area contributed by atoms with Gasteiger partial charge in [-0.15, -0.1) is 25.5 Å². The molecular formula is C86H145N23O3. The average molecular weight is 1550 g/mol. The Bertz CT molecular complexity index is 4780. The Labute approximate surface area is 672 Å². The fraction of sp³-hybridized carbons (Fsp3) is 0.535. The van der Waals surface area contributed by atoms with E-state index in [1.54, 1.807) is 0 Å². The van der Waals surface area contributed by atoms with Crippen molar-refractivity contribution < 1.29 is 32.5 Å². The lowest BCUT2D eigenvalue weighted by Crippen LogP contribution is -2.51. The van der Waals surface area contributed by atoms with Crippen molar-refractivity contribution in [1.29, 1.82) is 0 Å². The van der Waals surface area contributed by atoms with Crippen LogP contribution in [-0.2, 0) is 0 Å². The van der Waals surface area contributed by atoms with Crippen LogP contribution in [0.2, 0.25) is 0 Å². The summed E-state index contributed by atoms with van der Waals surface area (Å²) < 4.78 is 26.3. The summed E-state index contributed by atoms with van der Waals surface area (Å²) in [6.07, 6.45) is 8.71. The van der Waals surface area contributed by atoms with Crippen LogP contribution in [0.1, 0.15) is 101 Å². The van der Waals surface area contributed by atoms with Gasteiger partial charge >= 0.3 is 0 Å². The number of aliphatic hydroxyl groups is 1. The zero-order chi connectivity index (χ0) is 77.6. The number of likely N-dealkylation sites (N-methyl/N-ethyl adjacent to an activating group) is 4. The van der Waals surface area contributed by atoms with Crippen LogP contribution >= 0.6 is 0 Å². The Balaban J connectivity index is 0.000000216. The van der Waals surface area contributed by atoms with Gasteiger partial charge in [0, 0.05) is 99.6 Å². The van der Waals surface area contributed by atoms with Gasteiger partial charge in [0.15, 0.2) is 11.6 Å². The van der Waals surface area contributed by atoms with E-state index in [1.165, 1.54) is 85.1 Å². The topological polar surface area (TPSA) is 265 Å². The number of ether oxygens (including phenoxy) is 2. The fourth-order valence-corrected chi connectivity index (χ4v) is 16.1. The molecule has 10 aromatic rings. The molecule has 0 spiro atoms. The van der Waals surface area contributed by atoms with E-state index >= 15 is 0 Å². The summed E-state index contributed by atoms with van der Waals surface area (Å²) in [6, 6.07) is 22.5. The number of fused-ring (bicyclic) bond motifs is 5. The number of hydrogen-bond donors (Lipinski definition) is 6. The lowest BCUT2D eigenvalue weighted by molar-refractivity contribution is -0.912. The van der Waals surface area contributed by atoms with Crippen LogP contribution in [0.25, 0.3) is 27.6 Å². The molecule has 3 unspecified atom stereocenters. The van der Waals surface area contributed by atoms with Gasteiger partial charge in [0.05, 0.1) is 150 Å². The van der Waals surface area contributed by atoms with Crippen LogP contribution < -0.4 is 52.4 Å². The molecule has 0 aliphatic carbocycles. The van der Waals surface area contributed by atoms with Gasteiger partial charge in [-0.25, -0.2) is 22.6 Å². The smallest absolute Gasteiger partial charge is 0.270 e. The molecule has 5 aliphatic heterocycles. The minimum atomic E-state index is 0. The maximum absolute atomic E-state index is 9.28. The van der Waals surface area contributed by atoms with Gasteiger partial charge in [0.25, 0.3) is 17.6 Å². The van der Waals surface area contributed by atoms with Gasteiger partial charge in [-0.1, -0.05) is 30.3 Å². The summed E-state index contributed by atoms with van der Waals surface area (Å²) >= 11 is 0. The number of hydrogen-bond acceptors (Lipinski definition) is 16. The molecule has 5 fully saturated rings. The Kier molecular flexibility index (Phi) is 30.2. The third-order valence-electron chi connectivity index (χ3n) is 24.8. The molecule has 0 amide bonds. The van der Waals surface area contributed by atoms with Crippen LogP contribution in [0.15, 0.2) is 60.7 Å². The predicted octanol–water partition coefficient (Wildman–Crippen LogP) is 11.4. The molecule has 5 aliphatic rings. The number of nitrogens with zero attached hydrogens (tertiary/aromatic N) is 18. The number of quaternary nitrogens is 5. The minimum absolute atomic E-state index is 0. The van der Waals surface area contributed by atoms with E-state index in [2.05, 4.69) is 200 Å². The molecule has 26 heteroatoms. The number of anilines is 7. The van der Waals surface area contributed by atoms with Crippen LogP contribution in [0.5, 0.6) is 11.8 Å². The number of aryl methyl sites for hydroxylation is 10. The molecule has 15 heterocycles. The van der Waals surface area contributed by atoms with Crippen molar-refractivity contribution in [1.82, 2.24) is 57.5 Å². The van der Waals surface area contributed by atoms with Crippen molar-refractivity contribution in [3.8, 4) is 11.8 Å². The van der Waals surface area contributed by atoms with Crippen LogP contribution in [-0.4, -0.2) is 270 Å². The molecule has 10 aromatic heterocycles. The molecule has 11 N–H and O–H groups in total. The highest BCUT2D eigenvalue weighted by molar-refractivity contribution is 5.84. The molecule has 26 nitrogen and oxygen atoms in total. The van der Waals surface area contributed by atoms with Gasteiger partial charge in [0.2, 0.25) is 0 Å². The summed E-state index contributed by atoms with van der Waals surface area (Å²) in [4.78, 5) is 7.10. The number of aromatic nitrogens is 10. The zero-order valence-electron chi connectivity index (χ0n) is 73.5. The first-order valence-electron chi connectivity index (χ1n) is 38.9. The van der Waals surface area contributed by atoms with E-state index in [-0.39, 0.29) is 43.7 Å². The van der Waals surface area contributed by atoms with Crippen molar-refractivity contribution in [3.05, 3.63) is 154 Å². The third kappa shape index (κ3) is 19.2. The molecule has 112 heavy (non-hydrogen) atoms. The van der Waals surface area contributed by atoms with Crippen molar-refractivity contribution in [2.45, 2.75) is 132 Å². The van der Waals surface area contributed by atoms with Gasteiger partial charge in [0.1, 0.15) is 72.9 Å². The number of pyridine rings is 5. The lowest BCUT2D eigenvalue weighted by Gasteiger charge is -2.35. The number of aliphatic hydroxyl groups excluding tert-OH is 1. The van der Waals surface area contributed by atoms with E-state index < -0.39 is 0 Å². The molecule has 0 aromatic carbocycles. The van der Waals surface area contributed by atoms with Crippen LogP contribution in [0.4, 0.5) is 45.9 Å². The first-order valence-corrected chi connectivity index (χ1v) is 38.9. The van der Waals surface area contributed by atoms with Crippen LogP contribution in [0.3, 0.4) is 0 Å². The second-order valence-corrected chi connectivity index (χ2v) is 34.4. The quantitative estimate of drug-likeness (QED) is 0.0388. The monoisotopic (exact) mass is 1550 g/mol. The Hall–Kier alpha value is -8.63. The first-order chi connectivity index (χ1) is 50.4. The molecule has 0 bridgehead atoms. The average Bonchev–Trinajstić information content (AvgIpc) is 1.61. The SMILES string of the molecule is Cc1ccc2c(N)c(N3CCC([N+](C)(C)C)C3)nn2c1C.Cc1ccc2c(N)c(N3CCC([N+](C)(C)CCO)C3)nn2c1C.Cc1ccc2c(N)c(OCCN3CCC([N+](C)(C)C)C3)nn2c1C.Cc1ccc2c(N)c(OCC[N+]3(C)CCCC3)nn2c1C.Cc1ccc2c(N)c([N+]3(C)CCCC3)nn2c1C.[CH3-].[CH3-].[CH3-].[CH3-].[CH3-]. The maximum atomic E-state index is 9.28.